The second-order valence-corrected chi connectivity index (χ2v) is 7.30. The van der Waals surface area contributed by atoms with Gasteiger partial charge in [0.2, 0.25) is 5.91 Å². The maximum absolute atomic E-state index is 15.3. The minimum absolute atomic E-state index is 0. The highest BCUT2D eigenvalue weighted by Crippen LogP contribution is 2.30. The van der Waals surface area contributed by atoms with Crippen LogP contribution in [0.2, 0.25) is 5.02 Å². The summed E-state index contributed by atoms with van der Waals surface area (Å²) in [5.74, 6) is -1.22. The zero-order valence-electron chi connectivity index (χ0n) is 16.7. The van der Waals surface area contributed by atoms with Crippen LogP contribution in [0.3, 0.4) is 0 Å². The highest BCUT2D eigenvalue weighted by atomic mass is 35.5. The van der Waals surface area contributed by atoms with Gasteiger partial charge in [0.25, 0.3) is 0 Å². The molecule has 1 amide bonds. The molecule has 2 aromatic rings. The van der Waals surface area contributed by atoms with Crippen molar-refractivity contribution >= 4 is 23.3 Å². The molecule has 0 spiro atoms. The maximum Gasteiger partial charge on any atom is 0.221 e. The normalized spacial score (nSPS) is 13.0. The molecule has 0 saturated carbocycles. The van der Waals surface area contributed by atoms with E-state index < -0.39 is 11.6 Å². The zero-order chi connectivity index (χ0) is 21.4. The number of halogens is 2. The Hall–Kier alpha value is -2.28. The molecule has 0 aliphatic rings. The van der Waals surface area contributed by atoms with Gasteiger partial charge in [-0.2, -0.15) is 0 Å². The minimum Gasteiger partial charge on any atom is -0.355 e. The summed E-state index contributed by atoms with van der Waals surface area (Å²) in [7, 11) is 0. The van der Waals surface area contributed by atoms with Crippen molar-refractivity contribution in [1.29, 1.82) is 0 Å². The molecule has 2 atom stereocenters. The lowest BCUT2D eigenvalue weighted by Crippen LogP contribution is -2.37. The molecule has 0 fully saturated rings. The number of carbonyl (C=O) groups excluding carboxylic acids is 2. The van der Waals surface area contributed by atoms with Gasteiger partial charge in [-0.25, -0.2) is 4.39 Å². The lowest BCUT2D eigenvalue weighted by molar-refractivity contribution is -0.121. The number of hydrogen-bond donors (Lipinski definition) is 3. The molecule has 0 saturated heterocycles. The van der Waals surface area contributed by atoms with E-state index in [2.05, 4.69) is 10.6 Å². The summed E-state index contributed by atoms with van der Waals surface area (Å²) in [6.07, 6.45) is 0.813. The minimum atomic E-state index is -0.634. The van der Waals surface area contributed by atoms with Gasteiger partial charge in [-0.05, 0) is 19.4 Å². The molecule has 0 unspecified atom stereocenters. The Morgan fingerprint density at radius 2 is 1.90 bits per heavy atom. The van der Waals surface area contributed by atoms with Gasteiger partial charge in [0.15, 0.2) is 5.78 Å². The van der Waals surface area contributed by atoms with E-state index in [1.807, 2.05) is 13.8 Å². The molecular weight excluding hydrogens is 393 g/mol. The van der Waals surface area contributed by atoms with Gasteiger partial charge in [-0.1, -0.05) is 54.9 Å². The molecule has 0 aliphatic carbocycles. The van der Waals surface area contributed by atoms with Crippen LogP contribution in [0, 0.1) is 5.82 Å². The number of rotatable bonds is 10. The molecule has 7 heteroatoms. The number of nitrogens with two attached hydrogens (primary N) is 1. The summed E-state index contributed by atoms with van der Waals surface area (Å²) in [6.45, 7) is 4.55. The fourth-order valence-corrected chi connectivity index (χ4v) is 3.40. The smallest absolute Gasteiger partial charge is 0.221 e. The van der Waals surface area contributed by atoms with Crippen molar-refractivity contribution in [1.82, 2.24) is 10.6 Å². The van der Waals surface area contributed by atoms with Crippen LogP contribution in [-0.2, 0) is 4.79 Å². The van der Waals surface area contributed by atoms with E-state index in [1.165, 1.54) is 0 Å². The number of nitrogens with one attached hydrogen (secondary N) is 2. The number of ketones is 1. The molecule has 2 aromatic carbocycles. The molecule has 5 nitrogen and oxygen atoms in total. The zero-order valence-corrected chi connectivity index (χ0v) is 17.4. The van der Waals surface area contributed by atoms with Crippen LogP contribution in [0.4, 0.5) is 4.39 Å². The first kappa shape index (κ1) is 23.0. The van der Waals surface area contributed by atoms with E-state index in [0.29, 0.717) is 30.6 Å². The Morgan fingerprint density at radius 3 is 2.52 bits per heavy atom. The van der Waals surface area contributed by atoms with E-state index in [-0.39, 0.29) is 37.9 Å². The number of carbonyl (C=O) groups is 2. The van der Waals surface area contributed by atoms with Crippen molar-refractivity contribution in [2.75, 3.05) is 13.1 Å². The first-order valence-corrected chi connectivity index (χ1v) is 10.1. The van der Waals surface area contributed by atoms with Crippen LogP contribution in [0.1, 0.15) is 57.1 Å². The van der Waals surface area contributed by atoms with Crippen molar-refractivity contribution in [3.63, 3.8) is 0 Å². The number of amides is 1. The molecular formula is C22H31ClFN3O2. The van der Waals surface area contributed by atoms with Crippen LogP contribution in [0.5, 0.6) is 0 Å². The average molecular weight is 424 g/mol. The Morgan fingerprint density at radius 1 is 1.21 bits per heavy atom. The van der Waals surface area contributed by atoms with Crippen molar-refractivity contribution in [2.24, 2.45) is 5.73 Å². The molecule has 2 rings (SSSR count). The quantitative estimate of drug-likeness (QED) is 0.502. The predicted octanol–water partition coefficient (Wildman–Crippen LogP) is 4.10. The molecule has 4 N–H and O–H groups in total. The van der Waals surface area contributed by atoms with Crippen LogP contribution >= 0.6 is 11.6 Å². The van der Waals surface area contributed by atoms with Gasteiger partial charge in [0.1, 0.15) is 5.82 Å². The average Bonchev–Trinajstić information content (AvgIpc) is 2.71. The highest BCUT2D eigenvalue weighted by Gasteiger charge is 2.25. The monoisotopic (exact) mass is 423 g/mol. The van der Waals surface area contributed by atoms with Crippen molar-refractivity contribution in [3.05, 3.63) is 70.0 Å². The van der Waals surface area contributed by atoms with Crippen molar-refractivity contribution in [2.45, 2.75) is 38.8 Å². The standard InChI is InChI=1S/C22H27ClFN3O2.2H2/c1-3-18(27-14(2)13-19(28)26-12-11-25)16-9-10-17(23)20(21(16)24)22(29)15-7-5-4-6-8-15;;/h4-10,14,18,27H,3,11-13,25H2,1-2H3,(H,26,28);2*1H/t14-,18+;;/m0../s1. The molecule has 0 aromatic heterocycles. The molecule has 0 heterocycles. The predicted molar refractivity (Wildman–Crippen MR) is 118 cm³/mol. The SMILES string of the molecule is CC[C@@H](N[C@@H](C)CC(=O)NCCN)c1ccc(Cl)c(C(=O)c2ccccc2)c1F.[HH].[HH]. The van der Waals surface area contributed by atoms with Crippen LogP contribution in [0.15, 0.2) is 42.5 Å². The van der Waals surface area contributed by atoms with E-state index in [1.54, 1.807) is 42.5 Å². The first-order chi connectivity index (χ1) is 13.9. The Kier molecular flexibility index (Phi) is 8.76. The largest absolute Gasteiger partial charge is 0.355 e. The third kappa shape index (κ3) is 6.10. The molecule has 29 heavy (non-hydrogen) atoms. The molecule has 0 radical (unpaired) electrons. The van der Waals surface area contributed by atoms with Gasteiger partial charge in [0, 0.05) is 45.6 Å². The van der Waals surface area contributed by atoms with E-state index in [9.17, 15) is 9.59 Å². The summed E-state index contributed by atoms with van der Waals surface area (Å²) in [4.78, 5) is 24.7. The van der Waals surface area contributed by atoms with Gasteiger partial charge < -0.3 is 16.4 Å². The van der Waals surface area contributed by atoms with E-state index in [0.717, 1.165) is 0 Å². The third-order valence-corrected chi connectivity index (χ3v) is 4.93. The lowest BCUT2D eigenvalue weighted by atomic mass is 9.95. The molecule has 0 bridgehead atoms. The fourth-order valence-electron chi connectivity index (χ4n) is 3.17. The van der Waals surface area contributed by atoms with Crippen LogP contribution < -0.4 is 16.4 Å². The first-order valence-electron chi connectivity index (χ1n) is 9.69. The maximum atomic E-state index is 15.3. The summed E-state index contributed by atoms with van der Waals surface area (Å²) in [5, 5.41) is 6.06. The number of benzene rings is 2. The Balaban J connectivity index is 0.00000450. The Bertz CT molecular complexity index is 856. The van der Waals surface area contributed by atoms with Crippen molar-refractivity contribution < 1.29 is 16.8 Å². The fraction of sp³-hybridized carbons (Fsp3) is 0.364. The topological polar surface area (TPSA) is 84.2 Å². The Labute approximate surface area is 178 Å². The van der Waals surface area contributed by atoms with E-state index >= 15 is 4.39 Å². The van der Waals surface area contributed by atoms with Crippen molar-refractivity contribution in [3.8, 4) is 0 Å². The van der Waals surface area contributed by atoms with Gasteiger partial charge in [0.05, 0.1) is 10.6 Å². The summed E-state index contributed by atoms with van der Waals surface area (Å²) < 4.78 is 15.3. The number of hydrogen-bond acceptors (Lipinski definition) is 4. The van der Waals surface area contributed by atoms with Gasteiger partial charge in [-0.15, -0.1) is 0 Å². The molecule has 0 aliphatic heterocycles. The lowest BCUT2D eigenvalue weighted by Gasteiger charge is -2.24. The van der Waals surface area contributed by atoms with Crippen LogP contribution in [-0.4, -0.2) is 30.8 Å². The van der Waals surface area contributed by atoms with Crippen LogP contribution in [0.25, 0.3) is 0 Å². The van der Waals surface area contributed by atoms with Gasteiger partial charge in [-0.3, -0.25) is 9.59 Å². The van der Waals surface area contributed by atoms with E-state index in [4.69, 9.17) is 17.3 Å². The third-order valence-electron chi connectivity index (χ3n) is 4.61. The summed E-state index contributed by atoms with van der Waals surface area (Å²) in [5.41, 5.74) is 5.97. The molecule has 160 valence electrons. The summed E-state index contributed by atoms with van der Waals surface area (Å²) in [6, 6.07) is 11.0. The summed E-state index contributed by atoms with van der Waals surface area (Å²) >= 11 is 6.17. The van der Waals surface area contributed by atoms with Gasteiger partial charge >= 0.3 is 0 Å². The second kappa shape index (κ2) is 11.0. The highest BCUT2D eigenvalue weighted by molar-refractivity contribution is 6.35. The second-order valence-electron chi connectivity index (χ2n) is 6.89.